The first kappa shape index (κ1) is 10.6. The Balaban J connectivity index is 2.63. The van der Waals surface area contributed by atoms with Crippen molar-refractivity contribution in [3.8, 4) is 0 Å². The largest absolute Gasteiger partial charge is 0.491 e. The number of halogens is 3. The molecule has 0 aliphatic rings. The second-order valence-corrected chi connectivity index (χ2v) is 2.91. The molecule has 4 nitrogen and oxygen atoms in total. The fraction of sp³-hybridized carbons (Fsp3) is 0.167. The highest BCUT2D eigenvalue weighted by Gasteiger charge is 2.42. The van der Waals surface area contributed by atoms with Crippen molar-refractivity contribution in [3.63, 3.8) is 0 Å². The normalized spacial score (nSPS) is 11.1. The van der Waals surface area contributed by atoms with Gasteiger partial charge in [0, 0.05) is 11.6 Å². The molecule has 0 saturated carbocycles. The van der Waals surface area contributed by atoms with Gasteiger partial charge in [0.15, 0.2) is 0 Å². The van der Waals surface area contributed by atoms with Crippen LogP contribution in [-0.2, 0) is 9.53 Å². The fourth-order valence-electron chi connectivity index (χ4n) is 0.510. The van der Waals surface area contributed by atoms with Crippen molar-refractivity contribution in [2.45, 2.75) is 6.18 Å². The summed E-state index contributed by atoms with van der Waals surface area (Å²) in [6.07, 6.45) is -3.97. The topological polar surface area (TPSA) is 56.3 Å². The van der Waals surface area contributed by atoms with E-state index in [0.29, 0.717) is 0 Å². The zero-order valence-electron chi connectivity index (χ0n) is 6.37. The van der Waals surface area contributed by atoms with Crippen LogP contribution in [0.1, 0.15) is 9.80 Å². The van der Waals surface area contributed by atoms with Gasteiger partial charge in [0.25, 0.3) is 0 Å². The zero-order chi connectivity index (χ0) is 10.8. The maximum atomic E-state index is 11.6. The summed E-state index contributed by atoms with van der Waals surface area (Å²) in [7, 11) is 0. The summed E-state index contributed by atoms with van der Waals surface area (Å²) in [5.41, 5.74) is 0. The third-order valence-electron chi connectivity index (χ3n) is 1.02. The van der Waals surface area contributed by atoms with Crippen LogP contribution in [0.15, 0.2) is 11.6 Å². The van der Waals surface area contributed by atoms with Crippen LogP contribution in [0.5, 0.6) is 0 Å². The highest BCUT2D eigenvalue weighted by atomic mass is 32.1. The molecule has 0 amide bonds. The van der Waals surface area contributed by atoms with Crippen LogP contribution in [0.25, 0.3) is 0 Å². The number of aromatic nitrogens is 1. The Hall–Kier alpha value is -1.44. The van der Waals surface area contributed by atoms with Crippen LogP contribution < -0.4 is 0 Å². The van der Waals surface area contributed by atoms with Crippen molar-refractivity contribution >= 4 is 23.3 Å². The van der Waals surface area contributed by atoms with Crippen molar-refractivity contribution in [3.05, 3.63) is 16.6 Å². The number of esters is 2. The Morgan fingerprint density at radius 3 is 2.50 bits per heavy atom. The number of nitrogens with zero attached hydrogens (tertiary/aromatic N) is 1. The fourth-order valence-corrected chi connectivity index (χ4v) is 1.02. The minimum Gasteiger partial charge on any atom is -0.381 e. The summed E-state index contributed by atoms with van der Waals surface area (Å²) in [5, 5.41) is 1.07. The third-order valence-corrected chi connectivity index (χ3v) is 1.78. The number of hydrogen-bond acceptors (Lipinski definition) is 5. The molecule has 0 atom stereocenters. The van der Waals surface area contributed by atoms with Gasteiger partial charge in [0.05, 0.1) is 0 Å². The summed E-state index contributed by atoms with van der Waals surface area (Å²) in [5.74, 6) is -3.94. The number of hydrogen-bond donors (Lipinski definition) is 0. The Morgan fingerprint density at radius 2 is 2.07 bits per heavy atom. The molecule has 0 spiro atoms. The molecule has 0 fully saturated rings. The van der Waals surface area contributed by atoms with Gasteiger partial charge in [-0.15, -0.1) is 11.3 Å². The SMILES string of the molecule is O=C(OC(=O)C(F)(F)F)c1nccs1. The summed E-state index contributed by atoms with van der Waals surface area (Å²) in [6, 6.07) is 0. The molecular formula is C6H2F3NO3S. The van der Waals surface area contributed by atoms with Gasteiger partial charge in [0.2, 0.25) is 5.01 Å². The Bertz CT molecular complexity index is 346. The van der Waals surface area contributed by atoms with Crippen molar-refractivity contribution < 1.29 is 27.5 Å². The minimum atomic E-state index is -5.17. The summed E-state index contributed by atoms with van der Waals surface area (Å²) in [4.78, 5) is 24.3. The van der Waals surface area contributed by atoms with E-state index in [1.807, 2.05) is 0 Å². The predicted molar refractivity (Wildman–Crippen MR) is 38.6 cm³/mol. The lowest BCUT2D eigenvalue weighted by atomic mass is 10.6. The molecule has 0 N–H and O–H groups in total. The van der Waals surface area contributed by atoms with Gasteiger partial charge in [0.1, 0.15) is 0 Å². The molecule has 1 aromatic heterocycles. The lowest BCUT2D eigenvalue weighted by Crippen LogP contribution is -2.27. The molecule has 1 aromatic rings. The monoisotopic (exact) mass is 225 g/mol. The van der Waals surface area contributed by atoms with Crippen LogP contribution in [0.2, 0.25) is 0 Å². The molecule has 0 bridgehead atoms. The summed E-state index contributed by atoms with van der Waals surface area (Å²) in [6.45, 7) is 0. The van der Waals surface area contributed by atoms with E-state index in [-0.39, 0.29) is 5.01 Å². The van der Waals surface area contributed by atoms with E-state index in [1.165, 1.54) is 11.6 Å². The van der Waals surface area contributed by atoms with Gasteiger partial charge in [-0.2, -0.15) is 13.2 Å². The van der Waals surface area contributed by atoms with Crippen molar-refractivity contribution in [1.29, 1.82) is 0 Å². The molecule has 0 aliphatic heterocycles. The quantitative estimate of drug-likeness (QED) is 0.535. The first-order valence-corrected chi connectivity index (χ1v) is 4.02. The lowest BCUT2D eigenvalue weighted by Gasteiger charge is -2.03. The maximum absolute atomic E-state index is 11.6. The van der Waals surface area contributed by atoms with Gasteiger partial charge in [-0.25, -0.2) is 14.6 Å². The average molecular weight is 225 g/mol. The van der Waals surface area contributed by atoms with Crippen LogP contribution in [0.4, 0.5) is 13.2 Å². The summed E-state index contributed by atoms with van der Waals surface area (Å²) < 4.78 is 38.3. The number of carbonyl (C=O) groups is 2. The van der Waals surface area contributed by atoms with Crippen molar-refractivity contribution in [2.75, 3.05) is 0 Å². The predicted octanol–water partition coefficient (Wildman–Crippen LogP) is 1.39. The second-order valence-electron chi connectivity index (χ2n) is 2.01. The highest BCUT2D eigenvalue weighted by molar-refractivity contribution is 7.11. The van der Waals surface area contributed by atoms with Crippen LogP contribution >= 0.6 is 11.3 Å². The average Bonchev–Trinajstić information content (AvgIpc) is 2.53. The first-order valence-electron chi connectivity index (χ1n) is 3.14. The van der Waals surface area contributed by atoms with E-state index in [1.54, 1.807) is 0 Å². The molecular weight excluding hydrogens is 223 g/mol. The minimum absolute atomic E-state index is 0.303. The standard InChI is InChI=1S/C6H2F3NO3S/c7-6(8,9)5(12)13-4(11)3-10-1-2-14-3/h1-2H. The lowest BCUT2D eigenvalue weighted by molar-refractivity contribution is -0.193. The van der Waals surface area contributed by atoms with E-state index >= 15 is 0 Å². The van der Waals surface area contributed by atoms with Crippen molar-refractivity contribution in [1.82, 2.24) is 4.98 Å². The molecule has 8 heteroatoms. The van der Waals surface area contributed by atoms with E-state index in [2.05, 4.69) is 9.72 Å². The third kappa shape index (κ3) is 2.52. The number of rotatable bonds is 1. The van der Waals surface area contributed by atoms with Gasteiger partial charge >= 0.3 is 18.1 Å². The number of thiazole rings is 1. The Kier molecular flexibility index (Phi) is 2.84. The van der Waals surface area contributed by atoms with Gasteiger partial charge in [-0.3, -0.25) is 0 Å². The van der Waals surface area contributed by atoms with Crippen molar-refractivity contribution in [2.24, 2.45) is 0 Å². The Morgan fingerprint density at radius 1 is 1.43 bits per heavy atom. The van der Waals surface area contributed by atoms with E-state index in [0.717, 1.165) is 11.3 Å². The van der Waals surface area contributed by atoms with Crippen LogP contribution in [0, 0.1) is 0 Å². The van der Waals surface area contributed by atoms with Crippen LogP contribution in [0.3, 0.4) is 0 Å². The maximum Gasteiger partial charge on any atom is 0.491 e. The zero-order valence-corrected chi connectivity index (χ0v) is 7.19. The molecule has 76 valence electrons. The number of carbonyl (C=O) groups excluding carboxylic acids is 2. The van der Waals surface area contributed by atoms with Gasteiger partial charge in [-0.1, -0.05) is 0 Å². The Labute approximate surface area is 79.3 Å². The van der Waals surface area contributed by atoms with Crippen LogP contribution in [-0.4, -0.2) is 23.1 Å². The van der Waals surface area contributed by atoms with E-state index in [4.69, 9.17) is 0 Å². The molecule has 1 heterocycles. The number of ether oxygens (including phenoxy) is 1. The summed E-state index contributed by atoms with van der Waals surface area (Å²) >= 11 is 0.778. The smallest absolute Gasteiger partial charge is 0.381 e. The molecule has 0 aromatic carbocycles. The molecule has 1 rings (SSSR count). The molecule has 0 saturated heterocycles. The second kappa shape index (κ2) is 3.74. The molecule has 0 unspecified atom stereocenters. The van der Waals surface area contributed by atoms with Gasteiger partial charge in [-0.05, 0) is 0 Å². The van der Waals surface area contributed by atoms with E-state index in [9.17, 15) is 22.8 Å². The molecule has 0 radical (unpaired) electrons. The van der Waals surface area contributed by atoms with Gasteiger partial charge < -0.3 is 4.74 Å². The molecule has 14 heavy (non-hydrogen) atoms. The number of alkyl halides is 3. The van der Waals surface area contributed by atoms with E-state index < -0.39 is 18.1 Å². The highest BCUT2D eigenvalue weighted by Crippen LogP contribution is 2.17. The molecule has 0 aliphatic carbocycles. The first-order chi connectivity index (χ1) is 6.41.